The van der Waals surface area contributed by atoms with Gasteiger partial charge in [0.05, 0.1) is 11.7 Å². The van der Waals surface area contributed by atoms with Crippen LogP contribution in [0.1, 0.15) is 23.6 Å². The second-order valence-electron chi connectivity index (χ2n) is 7.12. The van der Waals surface area contributed by atoms with Crippen molar-refractivity contribution in [3.63, 3.8) is 0 Å². The summed E-state index contributed by atoms with van der Waals surface area (Å²) in [7, 11) is 0. The van der Waals surface area contributed by atoms with Crippen LogP contribution in [0.3, 0.4) is 0 Å². The molecule has 2 N–H and O–H groups in total. The third kappa shape index (κ3) is 4.97. The zero-order valence-corrected chi connectivity index (χ0v) is 16.7. The van der Waals surface area contributed by atoms with Crippen molar-refractivity contribution in [3.05, 3.63) is 83.6 Å². The van der Waals surface area contributed by atoms with Crippen LogP contribution in [0.4, 0.5) is 5.69 Å². The smallest absolute Gasteiger partial charge is 0.217 e. The van der Waals surface area contributed by atoms with Gasteiger partial charge in [0.2, 0.25) is 5.91 Å². The van der Waals surface area contributed by atoms with Crippen molar-refractivity contribution in [2.75, 3.05) is 11.9 Å². The first-order valence-corrected chi connectivity index (χ1v) is 9.61. The number of nitrogens with zero attached hydrogens (tertiary/aromatic N) is 1. The summed E-state index contributed by atoms with van der Waals surface area (Å²) in [5.41, 5.74) is 6.69. The minimum atomic E-state index is -0.0211. The second-order valence-corrected chi connectivity index (χ2v) is 7.12. The molecule has 4 nitrogen and oxygen atoms in total. The predicted octanol–water partition coefficient (Wildman–Crippen LogP) is 4.52. The largest absolute Gasteiger partial charge is 0.382 e. The molecule has 0 spiro atoms. The van der Waals surface area contributed by atoms with Gasteiger partial charge in [0.15, 0.2) is 0 Å². The molecule has 0 bridgehead atoms. The lowest BCUT2D eigenvalue weighted by Gasteiger charge is -2.21. The minimum absolute atomic E-state index is 0.000443. The lowest BCUT2D eigenvalue weighted by atomic mass is 10.0. The zero-order valence-electron chi connectivity index (χ0n) is 16.7. The first-order chi connectivity index (χ1) is 13.5. The summed E-state index contributed by atoms with van der Waals surface area (Å²) < 4.78 is 0. The van der Waals surface area contributed by atoms with Crippen LogP contribution in [0.25, 0.3) is 11.3 Å². The first-order valence-electron chi connectivity index (χ1n) is 9.61. The Morgan fingerprint density at radius 3 is 2.46 bits per heavy atom. The van der Waals surface area contributed by atoms with Gasteiger partial charge in [-0.3, -0.25) is 9.78 Å². The van der Waals surface area contributed by atoms with Crippen molar-refractivity contribution in [3.8, 4) is 11.3 Å². The molecule has 1 heterocycles. The molecule has 1 unspecified atom stereocenters. The number of pyridine rings is 1. The van der Waals surface area contributed by atoms with Crippen LogP contribution in [-0.2, 0) is 11.2 Å². The number of benzene rings is 2. The van der Waals surface area contributed by atoms with Gasteiger partial charge in [-0.05, 0) is 49.1 Å². The van der Waals surface area contributed by atoms with Gasteiger partial charge in [0, 0.05) is 30.9 Å². The predicted molar refractivity (Wildman–Crippen MR) is 115 cm³/mol. The highest BCUT2D eigenvalue weighted by Crippen LogP contribution is 2.29. The monoisotopic (exact) mass is 373 g/mol. The van der Waals surface area contributed by atoms with E-state index in [1.54, 1.807) is 6.92 Å². The number of aromatic nitrogens is 1. The Labute approximate surface area is 167 Å². The van der Waals surface area contributed by atoms with E-state index < -0.39 is 0 Å². The molecule has 2 aromatic carbocycles. The zero-order chi connectivity index (χ0) is 19.9. The maximum absolute atomic E-state index is 11.7. The molecule has 28 heavy (non-hydrogen) atoms. The fourth-order valence-corrected chi connectivity index (χ4v) is 3.34. The molecule has 0 aliphatic rings. The van der Waals surface area contributed by atoms with E-state index >= 15 is 0 Å². The Kier molecular flexibility index (Phi) is 6.43. The first kappa shape index (κ1) is 19.6. The van der Waals surface area contributed by atoms with Crippen LogP contribution in [0.2, 0.25) is 0 Å². The molecular formula is C24H27N3O. The molecule has 3 rings (SSSR count). The van der Waals surface area contributed by atoms with E-state index in [0.29, 0.717) is 6.54 Å². The molecule has 0 saturated heterocycles. The van der Waals surface area contributed by atoms with E-state index in [9.17, 15) is 4.79 Å². The topological polar surface area (TPSA) is 54.0 Å². The molecule has 0 aliphatic heterocycles. The summed E-state index contributed by atoms with van der Waals surface area (Å²) in [5.74, 6) is -0.0211. The summed E-state index contributed by atoms with van der Waals surface area (Å²) in [6.07, 6.45) is 2.63. The van der Waals surface area contributed by atoms with E-state index in [2.05, 4.69) is 53.7 Å². The number of para-hydroxylation sites is 1. The molecular weight excluding hydrogens is 346 g/mol. The Bertz CT molecular complexity index is 938. The van der Waals surface area contributed by atoms with Gasteiger partial charge < -0.3 is 10.6 Å². The van der Waals surface area contributed by atoms with E-state index in [1.807, 2.05) is 42.6 Å². The van der Waals surface area contributed by atoms with E-state index in [0.717, 1.165) is 23.4 Å². The fourth-order valence-electron chi connectivity index (χ4n) is 3.34. The number of anilines is 1. The summed E-state index contributed by atoms with van der Waals surface area (Å²) in [5, 5.41) is 6.59. The Balaban J connectivity index is 1.80. The molecule has 0 saturated carbocycles. The summed E-state index contributed by atoms with van der Waals surface area (Å²) >= 11 is 0. The van der Waals surface area contributed by atoms with Gasteiger partial charge in [0.25, 0.3) is 0 Å². The molecule has 1 amide bonds. The van der Waals surface area contributed by atoms with E-state index in [4.69, 9.17) is 0 Å². The van der Waals surface area contributed by atoms with Crippen LogP contribution in [0.5, 0.6) is 0 Å². The SMILES string of the molecule is CC(=O)NC(CNc1ccccc1-c1nccc(C)c1C)Cc1ccccc1. The van der Waals surface area contributed by atoms with Crippen molar-refractivity contribution >= 4 is 11.6 Å². The van der Waals surface area contributed by atoms with E-state index in [-0.39, 0.29) is 11.9 Å². The number of rotatable bonds is 7. The van der Waals surface area contributed by atoms with Gasteiger partial charge in [-0.2, -0.15) is 0 Å². The van der Waals surface area contributed by atoms with Crippen molar-refractivity contribution < 1.29 is 4.79 Å². The maximum atomic E-state index is 11.7. The standard InChI is InChI=1S/C24H27N3O/c1-17-13-14-25-24(18(17)2)22-11-7-8-12-23(22)26-16-21(27-19(3)28)15-20-9-5-4-6-10-20/h4-14,21,26H,15-16H2,1-3H3,(H,27,28). The number of aryl methyl sites for hydroxylation is 1. The van der Waals surface area contributed by atoms with Crippen LogP contribution in [-0.4, -0.2) is 23.5 Å². The van der Waals surface area contributed by atoms with Crippen LogP contribution < -0.4 is 10.6 Å². The van der Waals surface area contributed by atoms with Crippen LogP contribution >= 0.6 is 0 Å². The lowest BCUT2D eigenvalue weighted by molar-refractivity contribution is -0.119. The molecule has 3 aromatic rings. The highest BCUT2D eigenvalue weighted by atomic mass is 16.1. The molecule has 0 fully saturated rings. The van der Waals surface area contributed by atoms with Gasteiger partial charge in [-0.15, -0.1) is 0 Å². The van der Waals surface area contributed by atoms with Crippen molar-refractivity contribution in [2.24, 2.45) is 0 Å². The molecule has 0 aliphatic carbocycles. The average molecular weight is 374 g/mol. The number of hydrogen-bond donors (Lipinski definition) is 2. The van der Waals surface area contributed by atoms with Crippen LogP contribution in [0.15, 0.2) is 66.9 Å². The minimum Gasteiger partial charge on any atom is -0.382 e. The number of nitrogens with one attached hydrogen (secondary N) is 2. The number of hydrogen-bond acceptors (Lipinski definition) is 3. The Hall–Kier alpha value is -3.14. The number of carbonyl (C=O) groups is 1. The highest BCUT2D eigenvalue weighted by Gasteiger charge is 2.14. The molecule has 0 radical (unpaired) electrons. The number of carbonyl (C=O) groups excluding carboxylic acids is 1. The van der Waals surface area contributed by atoms with Crippen molar-refractivity contribution in [1.29, 1.82) is 0 Å². The molecule has 144 valence electrons. The second kappa shape index (κ2) is 9.18. The molecule has 1 atom stereocenters. The van der Waals surface area contributed by atoms with Gasteiger partial charge in [0.1, 0.15) is 0 Å². The quantitative estimate of drug-likeness (QED) is 0.640. The normalized spacial score (nSPS) is 11.7. The number of amides is 1. The summed E-state index contributed by atoms with van der Waals surface area (Å²) in [6.45, 7) is 6.40. The third-order valence-corrected chi connectivity index (χ3v) is 4.93. The molecule has 4 heteroatoms. The fraction of sp³-hybridized carbons (Fsp3) is 0.250. The molecule has 1 aromatic heterocycles. The summed E-state index contributed by atoms with van der Waals surface area (Å²) in [4.78, 5) is 16.3. The van der Waals surface area contributed by atoms with E-state index in [1.165, 1.54) is 16.7 Å². The maximum Gasteiger partial charge on any atom is 0.217 e. The van der Waals surface area contributed by atoms with Crippen molar-refractivity contribution in [2.45, 2.75) is 33.2 Å². The summed E-state index contributed by atoms with van der Waals surface area (Å²) in [6, 6.07) is 20.4. The van der Waals surface area contributed by atoms with Gasteiger partial charge in [-0.1, -0.05) is 48.5 Å². The van der Waals surface area contributed by atoms with Crippen LogP contribution in [0, 0.1) is 13.8 Å². The lowest BCUT2D eigenvalue weighted by Crippen LogP contribution is -2.40. The Morgan fingerprint density at radius 2 is 1.71 bits per heavy atom. The highest BCUT2D eigenvalue weighted by molar-refractivity contribution is 5.78. The Morgan fingerprint density at radius 1 is 1.00 bits per heavy atom. The average Bonchev–Trinajstić information content (AvgIpc) is 2.69. The third-order valence-electron chi connectivity index (χ3n) is 4.93. The van der Waals surface area contributed by atoms with Gasteiger partial charge >= 0.3 is 0 Å². The van der Waals surface area contributed by atoms with Gasteiger partial charge in [-0.25, -0.2) is 0 Å². The van der Waals surface area contributed by atoms with Crippen molar-refractivity contribution in [1.82, 2.24) is 10.3 Å².